The Bertz CT molecular complexity index is 1300. The maximum atomic E-state index is 13.0. The Balaban J connectivity index is 1.41. The highest BCUT2D eigenvalue weighted by Gasteiger charge is 2.34. The van der Waals surface area contributed by atoms with E-state index in [2.05, 4.69) is 26.6 Å². The molecule has 172 valence electrons. The zero-order chi connectivity index (χ0) is 24.2. The molecule has 34 heavy (non-hydrogen) atoms. The van der Waals surface area contributed by atoms with E-state index in [1.807, 2.05) is 0 Å². The zero-order valence-electron chi connectivity index (χ0n) is 17.3. The summed E-state index contributed by atoms with van der Waals surface area (Å²) in [5.74, 6) is -0.904. The molecule has 0 spiro atoms. The Labute approximate surface area is 207 Å². The fourth-order valence-corrected chi connectivity index (χ4v) is 3.76. The summed E-state index contributed by atoms with van der Waals surface area (Å²) in [6.07, 6.45) is 1.53. The molecule has 1 saturated heterocycles. The highest BCUT2D eigenvalue weighted by Crippen LogP contribution is 2.28. The van der Waals surface area contributed by atoms with Gasteiger partial charge in [-0.3, -0.25) is 9.59 Å². The Morgan fingerprint density at radius 1 is 1.09 bits per heavy atom. The first-order valence-corrected chi connectivity index (χ1v) is 11.1. The Morgan fingerprint density at radius 3 is 2.47 bits per heavy atom. The number of carbonyl (C=O) groups is 3. The summed E-state index contributed by atoms with van der Waals surface area (Å²) in [5.41, 5.74) is 1.59. The predicted octanol–water partition coefficient (Wildman–Crippen LogP) is 5.36. The average molecular weight is 545 g/mol. The van der Waals surface area contributed by atoms with Crippen LogP contribution < -0.4 is 20.3 Å². The smallest absolute Gasteiger partial charge is 0.333 e. The van der Waals surface area contributed by atoms with E-state index in [4.69, 9.17) is 16.3 Å². The number of hydrogen-bond donors (Lipinski definition) is 2. The fourth-order valence-electron chi connectivity index (χ4n) is 3.12. The Hall–Kier alpha value is -3.69. The van der Waals surface area contributed by atoms with Crippen molar-refractivity contribution in [3.63, 3.8) is 0 Å². The first-order chi connectivity index (χ1) is 16.3. The summed E-state index contributed by atoms with van der Waals surface area (Å²) in [5, 5.41) is 5.65. The van der Waals surface area contributed by atoms with E-state index in [0.29, 0.717) is 32.2 Å². The van der Waals surface area contributed by atoms with Crippen LogP contribution in [0.1, 0.15) is 5.56 Å². The van der Waals surface area contributed by atoms with Crippen LogP contribution in [-0.2, 0) is 9.59 Å². The molecule has 1 aliphatic heterocycles. The first-order valence-electron chi connectivity index (χ1n) is 9.90. The van der Waals surface area contributed by atoms with Gasteiger partial charge in [0.05, 0.1) is 10.2 Å². The normalized spacial score (nSPS) is 14.3. The molecule has 1 heterocycles. The van der Waals surface area contributed by atoms with Gasteiger partial charge in [-0.1, -0.05) is 17.7 Å². The molecule has 10 heteroatoms. The van der Waals surface area contributed by atoms with Crippen molar-refractivity contribution in [2.45, 2.75) is 0 Å². The number of ether oxygens (including phenoxy) is 1. The van der Waals surface area contributed by atoms with Crippen LogP contribution in [0.3, 0.4) is 0 Å². The molecule has 4 amide bonds. The van der Waals surface area contributed by atoms with Crippen molar-refractivity contribution in [2.24, 2.45) is 0 Å². The molecule has 0 saturated carbocycles. The van der Waals surface area contributed by atoms with E-state index in [1.54, 1.807) is 42.5 Å². The number of halogens is 3. The molecule has 0 radical (unpaired) electrons. The number of urea groups is 1. The van der Waals surface area contributed by atoms with Crippen molar-refractivity contribution in [1.82, 2.24) is 5.32 Å². The average Bonchev–Trinajstić information content (AvgIpc) is 3.08. The van der Waals surface area contributed by atoms with Gasteiger partial charge in [0.2, 0.25) is 0 Å². The summed E-state index contributed by atoms with van der Waals surface area (Å²) >= 11 is 9.25. The second kappa shape index (κ2) is 10.1. The second-order valence-corrected chi connectivity index (χ2v) is 8.43. The molecule has 2 N–H and O–H groups in total. The number of imide groups is 1. The van der Waals surface area contributed by atoms with Gasteiger partial charge in [-0.25, -0.2) is 14.1 Å². The van der Waals surface area contributed by atoms with Crippen LogP contribution in [0.4, 0.5) is 20.6 Å². The third kappa shape index (κ3) is 5.44. The van der Waals surface area contributed by atoms with Crippen LogP contribution in [-0.4, -0.2) is 24.5 Å². The van der Waals surface area contributed by atoms with Crippen molar-refractivity contribution in [3.8, 4) is 5.75 Å². The number of anilines is 2. The number of benzene rings is 3. The maximum absolute atomic E-state index is 13.0. The lowest BCUT2D eigenvalue weighted by Crippen LogP contribution is -2.30. The number of amides is 4. The van der Waals surface area contributed by atoms with Crippen LogP contribution in [0, 0.1) is 5.82 Å². The summed E-state index contributed by atoms with van der Waals surface area (Å²) in [6, 6.07) is 16.1. The van der Waals surface area contributed by atoms with E-state index in [9.17, 15) is 18.8 Å². The van der Waals surface area contributed by atoms with Crippen LogP contribution >= 0.6 is 27.5 Å². The minimum atomic E-state index is -0.565. The minimum Gasteiger partial charge on any atom is -0.483 e. The first kappa shape index (κ1) is 23.5. The third-order valence-electron chi connectivity index (χ3n) is 4.72. The quantitative estimate of drug-likeness (QED) is 0.323. The molecule has 0 unspecified atom stereocenters. The van der Waals surface area contributed by atoms with Gasteiger partial charge >= 0.3 is 6.03 Å². The van der Waals surface area contributed by atoms with Gasteiger partial charge in [0.15, 0.2) is 6.61 Å². The van der Waals surface area contributed by atoms with Gasteiger partial charge in [0, 0.05) is 10.7 Å². The van der Waals surface area contributed by atoms with Gasteiger partial charge < -0.3 is 15.4 Å². The molecule has 0 aliphatic carbocycles. The molecular weight excluding hydrogens is 529 g/mol. The minimum absolute atomic E-state index is 0.110. The van der Waals surface area contributed by atoms with Crippen LogP contribution in [0.25, 0.3) is 6.08 Å². The number of rotatable bonds is 6. The molecule has 4 rings (SSSR count). The van der Waals surface area contributed by atoms with Gasteiger partial charge in [-0.2, -0.15) is 0 Å². The summed E-state index contributed by atoms with van der Waals surface area (Å²) < 4.78 is 19.0. The lowest BCUT2D eigenvalue weighted by molar-refractivity contribution is -0.118. The second-order valence-electron chi connectivity index (χ2n) is 7.14. The molecule has 1 aliphatic rings. The largest absolute Gasteiger partial charge is 0.483 e. The van der Waals surface area contributed by atoms with Crippen molar-refractivity contribution in [3.05, 3.63) is 93.3 Å². The van der Waals surface area contributed by atoms with Crippen LogP contribution in [0.2, 0.25) is 5.02 Å². The third-order valence-corrected chi connectivity index (χ3v) is 5.59. The van der Waals surface area contributed by atoms with E-state index in [-0.39, 0.29) is 12.3 Å². The summed E-state index contributed by atoms with van der Waals surface area (Å²) in [4.78, 5) is 38.2. The Morgan fingerprint density at radius 2 is 1.79 bits per heavy atom. The van der Waals surface area contributed by atoms with E-state index >= 15 is 0 Å². The van der Waals surface area contributed by atoms with Crippen LogP contribution in [0.5, 0.6) is 5.75 Å². The predicted molar refractivity (Wildman–Crippen MR) is 130 cm³/mol. The summed E-state index contributed by atoms with van der Waals surface area (Å²) in [7, 11) is 0. The van der Waals surface area contributed by atoms with Crippen molar-refractivity contribution in [1.29, 1.82) is 0 Å². The molecule has 0 atom stereocenters. The highest BCUT2D eigenvalue weighted by molar-refractivity contribution is 9.10. The van der Waals surface area contributed by atoms with Crippen LogP contribution in [0.15, 0.2) is 76.9 Å². The Kier molecular flexibility index (Phi) is 6.95. The molecule has 3 aromatic carbocycles. The molecule has 0 aromatic heterocycles. The number of nitrogens with zero attached hydrogens (tertiary/aromatic N) is 1. The van der Waals surface area contributed by atoms with Gasteiger partial charge in [0.25, 0.3) is 11.8 Å². The number of carbonyl (C=O) groups excluding carboxylic acids is 3. The van der Waals surface area contributed by atoms with Gasteiger partial charge in [-0.05, 0) is 88.2 Å². The fraction of sp³-hybridized carbons (Fsp3) is 0.0417. The molecule has 1 fully saturated rings. The SMILES string of the molecule is O=C(COc1ccc(/C=C2/NC(=O)N(c3ccc(Cl)cc3)C2=O)cc1Br)Nc1ccc(F)cc1. The summed E-state index contributed by atoms with van der Waals surface area (Å²) in [6.45, 7) is -0.263. The van der Waals surface area contributed by atoms with Crippen molar-refractivity contribution >= 4 is 62.8 Å². The van der Waals surface area contributed by atoms with E-state index in [1.165, 1.54) is 30.3 Å². The standard InChI is InChI=1S/C24H16BrClFN3O4/c25-19-11-14(1-10-21(19)34-13-22(31)28-17-6-4-16(27)5-7-17)12-20-23(32)30(24(33)29-20)18-8-2-15(26)3-9-18/h1-12H,13H2,(H,28,31)(H,29,33)/b20-12+. The van der Waals surface area contributed by atoms with E-state index < -0.39 is 23.7 Å². The number of nitrogens with one attached hydrogen (secondary N) is 2. The van der Waals surface area contributed by atoms with Gasteiger partial charge in [0.1, 0.15) is 17.3 Å². The number of hydrogen-bond acceptors (Lipinski definition) is 4. The highest BCUT2D eigenvalue weighted by atomic mass is 79.9. The molecule has 0 bridgehead atoms. The molecule has 3 aromatic rings. The van der Waals surface area contributed by atoms with Crippen molar-refractivity contribution < 1.29 is 23.5 Å². The van der Waals surface area contributed by atoms with E-state index in [0.717, 1.165) is 4.90 Å². The lowest BCUT2D eigenvalue weighted by Gasteiger charge is -2.11. The zero-order valence-corrected chi connectivity index (χ0v) is 19.7. The topological polar surface area (TPSA) is 87.7 Å². The maximum Gasteiger partial charge on any atom is 0.333 e. The monoisotopic (exact) mass is 543 g/mol. The molecular formula is C24H16BrClFN3O4. The lowest BCUT2D eigenvalue weighted by atomic mass is 10.2. The molecule has 7 nitrogen and oxygen atoms in total. The van der Waals surface area contributed by atoms with Gasteiger partial charge in [-0.15, -0.1) is 0 Å². The van der Waals surface area contributed by atoms with Crippen molar-refractivity contribution in [2.75, 3.05) is 16.8 Å².